The van der Waals surface area contributed by atoms with Crippen LogP contribution in [-0.4, -0.2) is 64.7 Å². The molecule has 3 rings (SSSR count). The summed E-state index contributed by atoms with van der Waals surface area (Å²) in [7, 11) is 6.33. The summed E-state index contributed by atoms with van der Waals surface area (Å²) in [4.78, 5) is 21.1. The molecule has 0 aliphatic rings. The lowest BCUT2D eigenvalue weighted by Gasteiger charge is -2.18. The largest absolute Gasteiger partial charge is 0.366 e. The predicted octanol–water partition coefficient (Wildman–Crippen LogP) is 3.16. The average molecular weight is 409 g/mol. The van der Waals surface area contributed by atoms with Gasteiger partial charge in [-0.15, -0.1) is 0 Å². The van der Waals surface area contributed by atoms with Crippen molar-refractivity contribution in [3.8, 4) is 11.3 Å². The highest BCUT2D eigenvalue weighted by molar-refractivity contribution is 6.09. The quantitative estimate of drug-likeness (QED) is 0.588. The van der Waals surface area contributed by atoms with Crippen molar-refractivity contribution in [2.24, 2.45) is 5.73 Å². The summed E-state index contributed by atoms with van der Waals surface area (Å²) in [5.41, 5.74) is 9.72. The van der Waals surface area contributed by atoms with Gasteiger partial charge in [0.2, 0.25) is 5.91 Å². The van der Waals surface area contributed by atoms with Crippen molar-refractivity contribution in [3.63, 3.8) is 0 Å². The molecule has 0 saturated heterocycles. The van der Waals surface area contributed by atoms with Crippen molar-refractivity contribution >= 4 is 16.9 Å². The third kappa shape index (κ3) is 4.86. The predicted molar refractivity (Wildman–Crippen MR) is 121 cm³/mol. The number of benzene rings is 1. The number of carbonyl (C=O) groups is 1. The Hall–Kier alpha value is -2.77. The number of primary amides is 1. The van der Waals surface area contributed by atoms with Gasteiger partial charge in [-0.1, -0.05) is 18.2 Å². The van der Waals surface area contributed by atoms with E-state index in [2.05, 4.69) is 48.1 Å². The fourth-order valence-electron chi connectivity index (χ4n) is 3.70. The first-order valence-electron chi connectivity index (χ1n) is 10.4. The van der Waals surface area contributed by atoms with E-state index < -0.39 is 5.91 Å². The molecule has 2 heterocycles. The summed E-state index contributed by atoms with van der Waals surface area (Å²) in [6, 6.07) is 10.1. The van der Waals surface area contributed by atoms with Crippen LogP contribution in [0.25, 0.3) is 22.3 Å². The van der Waals surface area contributed by atoms with Crippen LogP contribution in [0.15, 0.2) is 36.5 Å². The molecule has 7 heteroatoms. The number of amides is 1. The highest BCUT2D eigenvalue weighted by Crippen LogP contribution is 2.31. The first kappa shape index (κ1) is 21.9. The van der Waals surface area contributed by atoms with E-state index in [0.29, 0.717) is 11.2 Å². The molecule has 7 nitrogen and oxygen atoms in total. The molecule has 0 aliphatic carbocycles. The Labute approximate surface area is 178 Å². The maximum absolute atomic E-state index is 12.1. The molecule has 0 fully saturated rings. The summed E-state index contributed by atoms with van der Waals surface area (Å²) in [6.07, 6.45) is 2.74. The van der Waals surface area contributed by atoms with Crippen LogP contribution in [-0.2, 0) is 6.54 Å². The van der Waals surface area contributed by atoms with E-state index in [1.165, 1.54) is 5.56 Å². The maximum Gasteiger partial charge on any atom is 0.249 e. The van der Waals surface area contributed by atoms with Gasteiger partial charge in [-0.05, 0) is 72.2 Å². The van der Waals surface area contributed by atoms with Crippen molar-refractivity contribution in [1.82, 2.24) is 24.6 Å². The minimum absolute atomic E-state index is 0.114. The number of rotatable bonds is 9. The van der Waals surface area contributed by atoms with Crippen LogP contribution in [0.2, 0.25) is 0 Å². The summed E-state index contributed by atoms with van der Waals surface area (Å²) >= 11 is 0. The molecule has 0 atom stereocenters. The van der Waals surface area contributed by atoms with Crippen LogP contribution in [0.3, 0.4) is 0 Å². The van der Waals surface area contributed by atoms with Crippen molar-refractivity contribution in [2.45, 2.75) is 32.9 Å². The van der Waals surface area contributed by atoms with Crippen molar-refractivity contribution in [3.05, 3.63) is 47.7 Å². The fourth-order valence-corrected chi connectivity index (χ4v) is 3.70. The van der Waals surface area contributed by atoms with Gasteiger partial charge in [-0.3, -0.25) is 4.79 Å². The zero-order valence-electron chi connectivity index (χ0n) is 18.6. The van der Waals surface area contributed by atoms with E-state index in [9.17, 15) is 4.79 Å². The number of pyridine rings is 1. The summed E-state index contributed by atoms with van der Waals surface area (Å²) in [6.45, 7) is 7.06. The molecule has 0 spiro atoms. The number of carbonyl (C=O) groups excluding carboxylic acids is 1. The Kier molecular flexibility index (Phi) is 6.84. The van der Waals surface area contributed by atoms with Crippen LogP contribution in [0, 0.1) is 0 Å². The van der Waals surface area contributed by atoms with Crippen LogP contribution in [0.5, 0.6) is 0 Å². The topological polar surface area (TPSA) is 80.3 Å². The average Bonchev–Trinajstić information content (AvgIpc) is 3.08. The lowest BCUT2D eigenvalue weighted by atomic mass is 10.0. The lowest BCUT2D eigenvalue weighted by molar-refractivity contribution is 0.100. The number of aromatic nitrogens is 3. The minimum Gasteiger partial charge on any atom is -0.366 e. The van der Waals surface area contributed by atoms with Crippen LogP contribution < -0.4 is 5.73 Å². The van der Waals surface area contributed by atoms with Gasteiger partial charge in [0.25, 0.3) is 0 Å². The second-order valence-corrected chi connectivity index (χ2v) is 8.40. The van der Waals surface area contributed by atoms with Gasteiger partial charge in [0.1, 0.15) is 5.69 Å². The van der Waals surface area contributed by atoms with Crippen LogP contribution >= 0.6 is 0 Å². The summed E-state index contributed by atoms with van der Waals surface area (Å²) in [5.74, 6) is -0.469. The third-order valence-corrected chi connectivity index (χ3v) is 5.15. The van der Waals surface area contributed by atoms with E-state index in [0.717, 1.165) is 42.7 Å². The highest BCUT2D eigenvalue weighted by atomic mass is 16.1. The Bertz CT molecular complexity index is 1020. The Morgan fingerprint density at radius 1 is 1.17 bits per heavy atom. The molecule has 1 amide bonds. The molecule has 160 valence electrons. The number of fused-ring (bicyclic) bond motifs is 1. The number of nitrogens with zero attached hydrogens (tertiary/aromatic N) is 5. The molecule has 1 aromatic carbocycles. The first-order valence-corrected chi connectivity index (χ1v) is 10.4. The van der Waals surface area contributed by atoms with Crippen molar-refractivity contribution in [1.29, 1.82) is 0 Å². The van der Waals surface area contributed by atoms with E-state index in [-0.39, 0.29) is 6.04 Å². The molecule has 2 aromatic heterocycles. The molecule has 2 N–H and O–H groups in total. The Morgan fingerprint density at radius 3 is 2.60 bits per heavy atom. The normalized spacial score (nSPS) is 11.9. The zero-order chi connectivity index (χ0) is 21.8. The molecule has 0 aliphatic heterocycles. The first-order chi connectivity index (χ1) is 14.3. The lowest BCUT2D eigenvalue weighted by Crippen LogP contribution is -2.23. The molecule has 0 unspecified atom stereocenters. The molecule has 0 bridgehead atoms. The molecule has 3 aromatic rings. The highest BCUT2D eigenvalue weighted by Gasteiger charge is 2.20. The smallest absolute Gasteiger partial charge is 0.249 e. The third-order valence-electron chi connectivity index (χ3n) is 5.15. The zero-order valence-corrected chi connectivity index (χ0v) is 18.6. The van der Waals surface area contributed by atoms with Gasteiger partial charge in [0, 0.05) is 24.3 Å². The minimum atomic E-state index is -0.469. The monoisotopic (exact) mass is 408 g/mol. The van der Waals surface area contributed by atoms with Crippen molar-refractivity contribution < 1.29 is 4.79 Å². The molecule has 0 radical (unpaired) electrons. The van der Waals surface area contributed by atoms with Gasteiger partial charge in [-0.25, -0.2) is 9.67 Å². The standard InChI is InChI=1S/C23H32N6O/c1-16(2)29-23-20(19(22(24)30)10-11-25-23)21(26-29)18-9-6-8-17(14-18)15-28(5)13-7-12-27(3)4/h6,8-11,14,16H,7,12-13,15H2,1-5H3,(H2,24,30). The molecular weight excluding hydrogens is 376 g/mol. The molecule has 30 heavy (non-hydrogen) atoms. The van der Waals surface area contributed by atoms with Gasteiger partial charge >= 0.3 is 0 Å². The second-order valence-electron chi connectivity index (χ2n) is 8.40. The molecule has 0 saturated carbocycles. The number of nitrogens with two attached hydrogens (primary N) is 1. The maximum atomic E-state index is 12.1. The summed E-state index contributed by atoms with van der Waals surface area (Å²) in [5, 5.41) is 5.54. The van der Waals surface area contributed by atoms with Gasteiger partial charge in [-0.2, -0.15) is 5.10 Å². The number of hydrogen-bond donors (Lipinski definition) is 1. The van der Waals surface area contributed by atoms with Gasteiger partial charge < -0.3 is 15.5 Å². The second kappa shape index (κ2) is 9.36. The van der Waals surface area contributed by atoms with E-state index in [4.69, 9.17) is 10.8 Å². The van der Waals surface area contributed by atoms with Gasteiger partial charge in [0.15, 0.2) is 5.65 Å². The number of hydrogen-bond acceptors (Lipinski definition) is 5. The van der Waals surface area contributed by atoms with Crippen LogP contribution in [0.1, 0.15) is 42.2 Å². The van der Waals surface area contributed by atoms with E-state index in [1.807, 2.05) is 30.7 Å². The van der Waals surface area contributed by atoms with Crippen LogP contribution in [0.4, 0.5) is 0 Å². The van der Waals surface area contributed by atoms with E-state index in [1.54, 1.807) is 12.3 Å². The van der Waals surface area contributed by atoms with Gasteiger partial charge in [0.05, 0.1) is 10.9 Å². The Balaban J connectivity index is 1.96. The van der Waals surface area contributed by atoms with E-state index >= 15 is 0 Å². The van der Waals surface area contributed by atoms with Crippen molar-refractivity contribution in [2.75, 3.05) is 34.2 Å². The fraction of sp³-hybridized carbons (Fsp3) is 0.435. The molecular formula is C23H32N6O. The SMILES string of the molecule is CC(C)n1nc(-c2cccc(CN(C)CCCN(C)C)c2)c2c(C(N)=O)ccnc21. The summed E-state index contributed by atoms with van der Waals surface area (Å²) < 4.78 is 1.86. The Morgan fingerprint density at radius 2 is 1.93 bits per heavy atom.